The van der Waals surface area contributed by atoms with Crippen LogP contribution < -0.4 is 14.8 Å². The number of nitrogens with zero attached hydrogens (tertiary/aromatic N) is 2. The molecular weight excluding hydrogens is 446 g/mol. The summed E-state index contributed by atoms with van der Waals surface area (Å²) in [5.74, 6) is 1.17. The summed E-state index contributed by atoms with van der Waals surface area (Å²) in [6, 6.07) is 13.4. The Labute approximate surface area is 194 Å². The molecule has 178 valence electrons. The second kappa shape index (κ2) is 10.1. The summed E-state index contributed by atoms with van der Waals surface area (Å²) in [5.41, 5.74) is 0.431. The molecule has 0 spiro atoms. The second-order valence-corrected chi connectivity index (χ2v) is 10.1. The van der Waals surface area contributed by atoms with Gasteiger partial charge in [-0.3, -0.25) is 9.69 Å². The van der Waals surface area contributed by atoms with Gasteiger partial charge in [0.15, 0.2) is 11.5 Å². The molecule has 2 aromatic carbocycles. The van der Waals surface area contributed by atoms with Crippen LogP contribution in [0.25, 0.3) is 0 Å². The number of fused-ring (bicyclic) bond motifs is 1. The molecule has 0 unspecified atom stereocenters. The van der Waals surface area contributed by atoms with Gasteiger partial charge in [0.2, 0.25) is 15.9 Å². The van der Waals surface area contributed by atoms with Crippen LogP contribution >= 0.6 is 0 Å². The summed E-state index contributed by atoms with van der Waals surface area (Å²) in [7, 11) is -1.80. The van der Waals surface area contributed by atoms with Crippen molar-refractivity contribution in [2.45, 2.75) is 24.0 Å². The van der Waals surface area contributed by atoms with Crippen molar-refractivity contribution in [3.8, 4) is 11.5 Å². The Balaban J connectivity index is 1.36. The fraction of sp³-hybridized carbons (Fsp3) is 0.435. The highest BCUT2D eigenvalue weighted by Crippen LogP contribution is 2.31. The summed E-state index contributed by atoms with van der Waals surface area (Å²) in [6.45, 7) is 4.07. The summed E-state index contributed by atoms with van der Waals surface area (Å²) in [6.07, 6.45) is -0.206. The van der Waals surface area contributed by atoms with Crippen LogP contribution in [0.15, 0.2) is 53.4 Å². The van der Waals surface area contributed by atoms with Crippen molar-refractivity contribution in [2.24, 2.45) is 0 Å². The molecule has 0 aliphatic carbocycles. The molecule has 2 aliphatic rings. The van der Waals surface area contributed by atoms with Crippen LogP contribution in [0.2, 0.25) is 0 Å². The van der Waals surface area contributed by atoms with E-state index in [4.69, 9.17) is 14.2 Å². The molecule has 2 atom stereocenters. The van der Waals surface area contributed by atoms with Gasteiger partial charge in [-0.1, -0.05) is 18.2 Å². The molecule has 33 heavy (non-hydrogen) atoms. The molecule has 0 aromatic heterocycles. The highest BCUT2D eigenvalue weighted by Gasteiger charge is 2.28. The minimum Gasteiger partial charge on any atom is -0.486 e. The Kier molecular flexibility index (Phi) is 7.18. The lowest BCUT2D eigenvalue weighted by atomic mass is 10.2. The number of morpholine rings is 1. The number of para-hydroxylation sites is 2. The molecule has 1 fully saturated rings. The standard InChI is InChI=1S/C23H29N3O6S/c1-17(25(2)15-19-16-31-21-8-3-4-9-22(21)32-19)23(27)24-18-6-5-7-20(14-18)33(28,29)26-10-12-30-13-11-26/h3-9,14,17,19H,10-13,15-16H2,1-2H3,(H,24,27)/t17-,19-/m0/s1. The van der Waals surface area contributed by atoms with Crippen molar-refractivity contribution in [1.82, 2.24) is 9.21 Å². The fourth-order valence-corrected chi connectivity index (χ4v) is 5.20. The lowest BCUT2D eigenvalue weighted by Crippen LogP contribution is -2.46. The topological polar surface area (TPSA) is 97.4 Å². The number of hydrogen-bond donors (Lipinski definition) is 1. The van der Waals surface area contributed by atoms with E-state index in [2.05, 4.69) is 5.32 Å². The van der Waals surface area contributed by atoms with E-state index in [1.54, 1.807) is 19.1 Å². The number of amides is 1. The molecule has 1 saturated heterocycles. The summed E-state index contributed by atoms with van der Waals surface area (Å²) >= 11 is 0. The van der Waals surface area contributed by atoms with Gasteiger partial charge in [-0.15, -0.1) is 0 Å². The van der Waals surface area contributed by atoms with Gasteiger partial charge in [-0.05, 0) is 44.3 Å². The van der Waals surface area contributed by atoms with Gasteiger partial charge in [0.1, 0.15) is 12.7 Å². The SMILES string of the molecule is C[C@@H](C(=O)Nc1cccc(S(=O)(=O)N2CCOCC2)c1)N(C)C[C@H]1COc2ccccc2O1. The van der Waals surface area contributed by atoms with E-state index < -0.39 is 16.1 Å². The van der Waals surface area contributed by atoms with Gasteiger partial charge in [-0.2, -0.15) is 4.31 Å². The van der Waals surface area contributed by atoms with Crippen LogP contribution in [-0.4, -0.2) is 82.2 Å². The largest absolute Gasteiger partial charge is 0.486 e. The minimum atomic E-state index is -3.64. The molecule has 1 amide bonds. The quantitative estimate of drug-likeness (QED) is 0.652. The van der Waals surface area contributed by atoms with E-state index in [9.17, 15) is 13.2 Å². The maximum absolute atomic E-state index is 12.9. The molecule has 2 heterocycles. The number of benzene rings is 2. The minimum absolute atomic E-state index is 0.148. The predicted octanol–water partition coefficient (Wildman–Crippen LogP) is 1.81. The Morgan fingerprint density at radius 3 is 2.64 bits per heavy atom. The van der Waals surface area contributed by atoms with E-state index in [1.807, 2.05) is 36.2 Å². The number of carbonyl (C=O) groups is 1. The smallest absolute Gasteiger partial charge is 0.243 e. The van der Waals surface area contributed by atoms with Crippen LogP contribution in [0.5, 0.6) is 11.5 Å². The highest BCUT2D eigenvalue weighted by atomic mass is 32.2. The highest BCUT2D eigenvalue weighted by molar-refractivity contribution is 7.89. The van der Waals surface area contributed by atoms with Crippen molar-refractivity contribution in [2.75, 3.05) is 51.8 Å². The van der Waals surface area contributed by atoms with Gasteiger partial charge < -0.3 is 19.5 Å². The molecule has 10 heteroatoms. The first-order chi connectivity index (χ1) is 15.8. The average Bonchev–Trinajstić information content (AvgIpc) is 2.84. The molecule has 4 rings (SSSR count). The number of likely N-dealkylation sites (N-methyl/N-ethyl adjacent to an activating group) is 1. The third-order valence-electron chi connectivity index (χ3n) is 5.81. The van der Waals surface area contributed by atoms with E-state index in [0.29, 0.717) is 56.6 Å². The summed E-state index contributed by atoms with van der Waals surface area (Å²) in [5, 5.41) is 2.83. The number of ether oxygens (including phenoxy) is 3. The fourth-order valence-electron chi connectivity index (χ4n) is 3.75. The first kappa shape index (κ1) is 23.5. The molecule has 0 bridgehead atoms. The second-order valence-electron chi connectivity index (χ2n) is 8.15. The van der Waals surface area contributed by atoms with Crippen LogP contribution in [0, 0.1) is 0 Å². The van der Waals surface area contributed by atoms with Crippen LogP contribution in [0.1, 0.15) is 6.92 Å². The lowest BCUT2D eigenvalue weighted by Gasteiger charge is -2.31. The lowest BCUT2D eigenvalue weighted by molar-refractivity contribution is -0.120. The molecule has 2 aromatic rings. The summed E-state index contributed by atoms with van der Waals surface area (Å²) in [4.78, 5) is 14.9. The first-order valence-electron chi connectivity index (χ1n) is 10.9. The van der Waals surface area contributed by atoms with Gasteiger partial charge in [-0.25, -0.2) is 8.42 Å². The number of carbonyl (C=O) groups excluding carboxylic acids is 1. The average molecular weight is 476 g/mol. The number of rotatable bonds is 7. The number of sulfonamides is 1. The van der Waals surface area contributed by atoms with Crippen LogP contribution in [0.4, 0.5) is 5.69 Å². The Morgan fingerprint density at radius 1 is 1.15 bits per heavy atom. The van der Waals surface area contributed by atoms with E-state index >= 15 is 0 Å². The molecule has 2 aliphatic heterocycles. The zero-order valence-corrected chi connectivity index (χ0v) is 19.6. The first-order valence-corrected chi connectivity index (χ1v) is 12.4. The van der Waals surface area contributed by atoms with Crippen molar-refractivity contribution in [1.29, 1.82) is 0 Å². The van der Waals surface area contributed by atoms with Crippen LogP contribution in [0.3, 0.4) is 0 Å². The maximum atomic E-state index is 12.9. The van der Waals surface area contributed by atoms with Crippen molar-refractivity contribution in [3.63, 3.8) is 0 Å². The number of anilines is 1. The Hall–Kier alpha value is -2.66. The zero-order valence-electron chi connectivity index (χ0n) is 18.8. The van der Waals surface area contributed by atoms with Gasteiger partial charge in [0, 0.05) is 25.3 Å². The van der Waals surface area contributed by atoms with Gasteiger partial charge in [0.25, 0.3) is 0 Å². The Morgan fingerprint density at radius 2 is 1.88 bits per heavy atom. The number of nitrogens with one attached hydrogen (secondary N) is 1. The van der Waals surface area contributed by atoms with Crippen molar-refractivity contribution < 1.29 is 27.4 Å². The predicted molar refractivity (Wildman–Crippen MR) is 123 cm³/mol. The molecule has 1 N–H and O–H groups in total. The van der Waals surface area contributed by atoms with Gasteiger partial charge in [0.05, 0.1) is 24.2 Å². The van der Waals surface area contributed by atoms with Crippen molar-refractivity contribution in [3.05, 3.63) is 48.5 Å². The number of hydrogen-bond acceptors (Lipinski definition) is 7. The third-order valence-corrected chi connectivity index (χ3v) is 7.70. The molecular formula is C23H29N3O6S. The molecule has 0 radical (unpaired) electrons. The third kappa shape index (κ3) is 5.47. The monoisotopic (exact) mass is 475 g/mol. The molecule has 9 nitrogen and oxygen atoms in total. The van der Waals surface area contributed by atoms with Gasteiger partial charge >= 0.3 is 0 Å². The normalized spacial score (nSPS) is 19.8. The Bertz CT molecular complexity index is 1090. The van der Waals surface area contributed by atoms with E-state index in [0.717, 1.165) is 0 Å². The van der Waals surface area contributed by atoms with E-state index in [1.165, 1.54) is 16.4 Å². The van der Waals surface area contributed by atoms with Crippen LogP contribution in [-0.2, 0) is 19.6 Å². The van der Waals surface area contributed by atoms with E-state index in [-0.39, 0.29) is 16.9 Å². The van der Waals surface area contributed by atoms with Crippen molar-refractivity contribution >= 4 is 21.6 Å². The maximum Gasteiger partial charge on any atom is 0.243 e. The summed E-state index contributed by atoms with van der Waals surface area (Å²) < 4.78 is 44.2. The molecule has 0 saturated carbocycles. The zero-order chi connectivity index (χ0) is 23.4.